The highest BCUT2D eigenvalue weighted by Crippen LogP contribution is 2.44. The maximum absolute atomic E-state index is 12.2. The van der Waals surface area contributed by atoms with Crippen molar-refractivity contribution in [2.75, 3.05) is 32.8 Å². The van der Waals surface area contributed by atoms with E-state index < -0.39 is 23.4 Å². The van der Waals surface area contributed by atoms with Gasteiger partial charge in [-0.1, -0.05) is 55.5 Å². The quantitative estimate of drug-likeness (QED) is 0.547. The normalized spacial score (nSPS) is 15.5. The Morgan fingerprint density at radius 3 is 2.12 bits per heavy atom. The predicted octanol–water partition coefficient (Wildman–Crippen LogP) is 1.96. The van der Waals surface area contributed by atoms with Gasteiger partial charge in [-0.15, -0.1) is 0 Å². The van der Waals surface area contributed by atoms with Crippen LogP contribution in [0.4, 0.5) is 4.79 Å². The van der Waals surface area contributed by atoms with E-state index in [9.17, 15) is 24.3 Å². The highest BCUT2D eigenvalue weighted by molar-refractivity contribution is 5.89. The summed E-state index contributed by atoms with van der Waals surface area (Å²) in [5, 5.41) is 14.1. The molecule has 178 valence electrons. The number of alkyl carbamates (subject to hydrolysis) is 1. The number of fused-ring (bicyclic) bond motifs is 3. The van der Waals surface area contributed by atoms with Crippen LogP contribution in [0.2, 0.25) is 0 Å². The van der Waals surface area contributed by atoms with Crippen molar-refractivity contribution in [3.8, 4) is 11.1 Å². The number of nitrogens with zero attached hydrogens (tertiary/aromatic N) is 1. The molecule has 3 N–H and O–H groups in total. The number of hydrogen-bond acceptors (Lipinski definition) is 5. The molecule has 9 heteroatoms. The fraction of sp³-hybridized carbons (Fsp3) is 0.360. The van der Waals surface area contributed by atoms with Gasteiger partial charge in [0.1, 0.15) is 18.6 Å². The molecular formula is C25H27N3O6. The molecule has 0 radical (unpaired) electrons. The lowest BCUT2D eigenvalue weighted by atomic mass is 9.77. The first-order valence-electron chi connectivity index (χ1n) is 11.2. The molecule has 1 aliphatic carbocycles. The van der Waals surface area contributed by atoms with E-state index in [1.165, 1.54) is 4.90 Å². The second-order valence-corrected chi connectivity index (χ2v) is 8.64. The van der Waals surface area contributed by atoms with Gasteiger partial charge in [0.25, 0.3) is 0 Å². The summed E-state index contributed by atoms with van der Waals surface area (Å²) in [5.74, 6) is -1.90. The van der Waals surface area contributed by atoms with Crippen LogP contribution in [0, 0.1) is 5.41 Å². The Labute approximate surface area is 197 Å². The Hall–Kier alpha value is -3.88. The van der Waals surface area contributed by atoms with Gasteiger partial charge in [0.2, 0.25) is 11.8 Å². The molecule has 1 fully saturated rings. The molecule has 1 aliphatic heterocycles. The van der Waals surface area contributed by atoms with E-state index in [4.69, 9.17) is 4.74 Å². The van der Waals surface area contributed by atoms with Gasteiger partial charge in [-0.2, -0.15) is 0 Å². The number of benzene rings is 2. The molecule has 0 aromatic heterocycles. The van der Waals surface area contributed by atoms with E-state index >= 15 is 0 Å². The Morgan fingerprint density at radius 1 is 0.971 bits per heavy atom. The van der Waals surface area contributed by atoms with Crippen LogP contribution in [0.5, 0.6) is 0 Å². The van der Waals surface area contributed by atoms with Crippen LogP contribution < -0.4 is 10.6 Å². The van der Waals surface area contributed by atoms with Crippen LogP contribution in [-0.4, -0.2) is 66.7 Å². The van der Waals surface area contributed by atoms with Crippen molar-refractivity contribution in [1.82, 2.24) is 15.5 Å². The maximum atomic E-state index is 12.2. The number of likely N-dealkylation sites (tertiary alicyclic amines) is 1. The van der Waals surface area contributed by atoms with Gasteiger partial charge >= 0.3 is 12.1 Å². The van der Waals surface area contributed by atoms with Crippen molar-refractivity contribution in [3.05, 3.63) is 59.7 Å². The molecule has 4 rings (SSSR count). The minimum atomic E-state index is -0.921. The summed E-state index contributed by atoms with van der Waals surface area (Å²) < 4.78 is 5.38. The first-order chi connectivity index (χ1) is 16.3. The second-order valence-electron chi connectivity index (χ2n) is 8.64. The average Bonchev–Trinajstić information content (AvgIpc) is 3.13. The smallest absolute Gasteiger partial charge is 0.407 e. The highest BCUT2D eigenvalue weighted by Gasteiger charge is 2.49. The van der Waals surface area contributed by atoms with E-state index in [0.29, 0.717) is 6.42 Å². The van der Waals surface area contributed by atoms with Crippen LogP contribution in [0.15, 0.2) is 48.5 Å². The van der Waals surface area contributed by atoms with Crippen molar-refractivity contribution in [2.24, 2.45) is 5.41 Å². The van der Waals surface area contributed by atoms with Crippen molar-refractivity contribution in [2.45, 2.75) is 19.3 Å². The topological polar surface area (TPSA) is 125 Å². The van der Waals surface area contributed by atoms with E-state index in [-0.39, 0.29) is 44.6 Å². The third-order valence-corrected chi connectivity index (χ3v) is 6.64. The van der Waals surface area contributed by atoms with Gasteiger partial charge in [-0.05, 0) is 28.7 Å². The number of carbonyl (C=O) groups excluding carboxylic acids is 3. The van der Waals surface area contributed by atoms with E-state index in [1.54, 1.807) is 6.92 Å². The number of rotatable bonds is 8. The molecule has 2 aromatic rings. The summed E-state index contributed by atoms with van der Waals surface area (Å²) >= 11 is 0. The Balaban J connectivity index is 1.20. The molecule has 0 bridgehead atoms. The maximum Gasteiger partial charge on any atom is 0.407 e. The zero-order valence-electron chi connectivity index (χ0n) is 18.9. The molecule has 2 aromatic carbocycles. The van der Waals surface area contributed by atoms with Crippen molar-refractivity contribution >= 4 is 23.9 Å². The lowest BCUT2D eigenvalue weighted by molar-refractivity contribution is -0.166. The number of amides is 3. The number of ether oxygens (including phenoxy) is 1. The number of hydrogen-bond donors (Lipinski definition) is 3. The molecule has 1 heterocycles. The molecule has 2 aliphatic rings. The molecule has 0 atom stereocenters. The molecule has 3 amide bonds. The van der Waals surface area contributed by atoms with E-state index in [0.717, 1.165) is 22.3 Å². The number of aliphatic carboxylic acids is 1. The fourth-order valence-corrected chi connectivity index (χ4v) is 4.52. The van der Waals surface area contributed by atoms with Crippen LogP contribution in [-0.2, 0) is 19.1 Å². The molecule has 34 heavy (non-hydrogen) atoms. The minimum Gasteiger partial charge on any atom is -0.481 e. The summed E-state index contributed by atoms with van der Waals surface area (Å²) in [6, 6.07) is 16.0. The monoisotopic (exact) mass is 465 g/mol. The molecule has 1 saturated heterocycles. The van der Waals surface area contributed by atoms with Crippen molar-refractivity contribution in [1.29, 1.82) is 0 Å². The van der Waals surface area contributed by atoms with Gasteiger partial charge in [0.15, 0.2) is 0 Å². The number of nitrogens with one attached hydrogen (secondary N) is 2. The van der Waals surface area contributed by atoms with Crippen LogP contribution in [0.3, 0.4) is 0 Å². The molecule has 0 saturated carbocycles. The van der Waals surface area contributed by atoms with Crippen LogP contribution in [0.25, 0.3) is 11.1 Å². The summed E-state index contributed by atoms with van der Waals surface area (Å²) in [5.41, 5.74) is 3.53. The minimum absolute atomic E-state index is 0.0813. The summed E-state index contributed by atoms with van der Waals surface area (Å²) in [7, 11) is 0. The third-order valence-electron chi connectivity index (χ3n) is 6.64. The molecule has 0 spiro atoms. The molecule has 9 nitrogen and oxygen atoms in total. The van der Waals surface area contributed by atoms with Gasteiger partial charge in [-0.3, -0.25) is 14.4 Å². The fourth-order valence-electron chi connectivity index (χ4n) is 4.52. The Kier molecular flexibility index (Phi) is 6.54. The van der Waals surface area contributed by atoms with Gasteiger partial charge in [0, 0.05) is 19.0 Å². The summed E-state index contributed by atoms with van der Waals surface area (Å²) in [6.45, 7) is 1.57. The highest BCUT2D eigenvalue weighted by atomic mass is 16.5. The Bertz CT molecular complexity index is 1080. The second kappa shape index (κ2) is 9.54. The summed E-state index contributed by atoms with van der Waals surface area (Å²) in [6.07, 6.45) is -0.289. The zero-order chi connectivity index (χ0) is 24.3. The lowest BCUT2D eigenvalue weighted by Gasteiger charge is -2.46. The van der Waals surface area contributed by atoms with Gasteiger partial charge < -0.3 is 25.4 Å². The third kappa shape index (κ3) is 4.46. The lowest BCUT2D eigenvalue weighted by Crippen LogP contribution is -2.63. The van der Waals surface area contributed by atoms with Gasteiger partial charge in [0.05, 0.1) is 6.54 Å². The van der Waals surface area contributed by atoms with Crippen LogP contribution in [0.1, 0.15) is 30.4 Å². The summed E-state index contributed by atoms with van der Waals surface area (Å²) in [4.78, 5) is 49.0. The first-order valence-corrected chi connectivity index (χ1v) is 11.2. The first kappa shape index (κ1) is 23.3. The average molecular weight is 466 g/mol. The van der Waals surface area contributed by atoms with Crippen molar-refractivity contribution < 1.29 is 29.0 Å². The van der Waals surface area contributed by atoms with Crippen molar-refractivity contribution in [3.63, 3.8) is 0 Å². The van der Waals surface area contributed by atoms with Gasteiger partial charge in [-0.25, -0.2) is 4.79 Å². The van der Waals surface area contributed by atoms with E-state index in [1.807, 2.05) is 48.5 Å². The Morgan fingerprint density at radius 2 is 1.56 bits per heavy atom. The number of carboxylic acids is 1. The largest absolute Gasteiger partial charge is 0.481 e. The van der Waals surface area contributed by atoms with Crippen LogP contribution >= 0.6 is 0 Å². The molecule has 0 unspecified atom stereocenters. The standard InChI is InChI=1S/C25H27N3O6/c1-2-25(23(31)32)14-28(15-25)22(30)12-26-21(29)11-27-24(33)34-13-20-18-9-5-3-7-16(18)17-8-4-6-10-19(17)20/h3-10,20H,2,11-15H2,1H3,(H,26,29)(H,27,33)(H,31,32). The SMILES string of the molecule is CCC1(C(=O)O)CN(C(=O)CNC(=O)CNC(=O)OCC2c3ccccc3-c3ccccc32)C1. The zero-order valence-corrected chi connectivity index (χ0v) is 18.9. The van der Waals surface area contributed by atoms with E-state index in [2.05, 4.69) is 10.6 Å². The molecular weight excluding hydrogens is 438 g/mol. The number of carboxylic acid groups (broad SMARTS) is 1. The number of carbonyl (C=O) groups is 4. The predicted molar refractivity (Wildman–Crippen MR) is 123 cm³/mol.